The number of nitrogens with zero attached hydrogens (tertiary/aromatic N) is 2. The topological polar surface area (TPSA) is 64.7 Å². The molecule has 1 atom stereocenters. The summed E-state index contributed by atoms with van der Waals surface area (Å²) in [6, 6.07) is 6.68. The average molecular weight is 411 g/mol. The fourth-order valence-electron chi connectivity index (χ4n) is 5.87. The van der Waals surface area contributed by atoms with Gasteiger partial charge in [0.05, 0.1) is 6.04 Å². The van der Waals surface area contributed by atoms with Crippen LogP contribution >= 0.6 is 0 Å². The van der Waals surface area contributed by atoms with Crippen LogP contribution in [0.3, 0.4) is 0 Å². The van der Waals surface area contributed by atoms with Gasteiger partial charge in [-0.1, -0.05) is 6.07 Å². The van der Waals surface area contributed by atoms with Gasteiger partial charge in [0.1, 0.15) is 0 Å². The van der Waals surface area contributed by atoms with Gasteiger partial charge in [-0.3, -0.25) is 19.8 Å². The third kappa shape index (κ3) is 4.26. The molecular weight excluding hydrogens is 376 g/mol. The molecule has 0 aromatic heterocycles. The van der Waals surface area contributed by atoms with Gasteiger partial charge in [-0.25, -0.2) is 0 Å². The predicted molar refractivity (Wildman–Crippen MR) is 117 cm³/mol. The molecule has 3 fully saturated rings. The van der Waals surface area contributed by atoms with Crippen molar-refractivity contribution >= 4 is 17.5 Å². The highest BCUT2D eigenvalue weighted by atomic mass is 16.2. The minimum Gasteiger partial charge on any atom is -0.372 e. The van der Waals surface area contributed by atoms with E-state index in [0.717, 1.165) is 38.0 Å². The lowest BCUT2D eigenvalue weighted by molar-refractivity contribution is -0.137. The number of imide groups is 1. The van der Waals surface area contributed by atoms with Crippen molar-refractivity contribution in [3.63, 3.8) is 0 Å². The van der Waals surface area contributed by atoms with Crippen LogP contribution in [0.1, 0.15) is 56.1 Å². The molecule has 162 valence electrons. The molecule has 1 aromatic carbocycles. The molecule has 0 saturated carbocycles. The van der Waals surface area contributed by atoms with E-state index in [-0.39, 0.29) is 17.9 Å². The van der Waals surface area contributed by atoms with Gasteiger partial charge in [0.15, 0.2) is 0 Å². The maximum Gasteiger partial charge on any atom is 0.243 e. The first kappa shape index (κ1) is 20.0. The fraction of sp³-hybridized carbons (Fsp3) is 0.667. The Morgan fingerprint density at radius 2 is 1.63 bits per heavy atom. The lowest BCUT2D eigenvalue weighted by Crippen LogP contribution is -2.50. The summed E-state index contributed by atoms with van der Waals surface area (Å²) in [7, 11) is 0. The van der Waals surface area contributed by atoms with Gasteiger partial charge >= 0.3 is 0 Å². The quantitative estimate of drug-likeness (QED) is 0.747. The van der Waals surface area contributed by atoms with Gasteiger partial charge in [0.25, 0.3) is 0 Å². The molecule has 1 unspecified atom stereocenters. The van der Waals surface area contributed by atoms with Gasteiger partial charge in [-0.15, -0.1) is 0 Å². The van der Waals surface area contributed by atoms with Gasteiger partial charge < -0.3 is 10.2 Å². The van der Waals surface area contributed by atoms with Crippen LogP contribution < -0.4 is 15.5 Å². The van der Waals surface area contributed by atoms with E-state index in [1.807, 2.05) is 0 Å². The molecule has 4 heterocycles. The van der Waals surface area contributed by atoms with Gasteiger partial charge in [-0.05, 0) is 86.7 Å². The number of rotatable bonds is 4. The Morgan fingerprint density at radius 3 is 2.40 bits per heavy atom. The third-order valence-corrected chi connectivity index (χ3v) is 7.69. The number of piperidine rings is 3. The maximum absolute atomic E-state index is 12.2. The largest absolute Gasteiger partial charge is 0.372 e. The Morgan fingerprint density at radius 1 is 0.900 bits per heavy atom. The van der Waals surface area contributed by atoms with E-state index >= 15 is 0 Å². The molecule has 2 N–H and O–H groups in total. The molecular formula is C24H34N4O2. The van der Waals surface area contributed by atoms with Gasteiger partial charge in [0.2, 0.25) is 11.8 Å². The Labute approximate surface area is 179 Å². The minimum absolute atomic E-state index is 0.130. The highest BCUT2D eigenvalue weighted by molar-refractivity contribution is 6.00. The minimum atomic E-state index is -0.177. The Hall–Kier alpha value is -1.92. The summed E-state index contributed by atoms with van der Waals surface area (Å²) in [5.74, 6) is 1.55. The first-order chi connectivity index (χ1) is 14.7. The summed E-state index contributed by atoms with van der Waals surface area (Å²) < 4.78 is 0. The number of nitrogens with one attached hydrogen (secondary N) is 2. The van der Waals surface area contributed by atoms with Crippen LogP contribution in [-0.2, 0) is 22.7 Å². The predicted octanol–water partition coefficient (Wildman–Crippen LogP) is 2.41. The monoisotopic (exact) mass is 410 g/mol. The van der Waals surface area contributed by atoms with Gasteiger partial charge in [0, 0.05) is 38.3 Å². The number of carbonyl (C=O) groups excluding carboxylic acids is 2. The van der Waals surface area contributed by atoms with Crippen molar-refractivity contribution in [1.82, 2.24) is 15.5 Å². The number of carbonyl (C=O) groups is 2. The number of hydrogen-bond donors (Lipinski definition) is 2. The zero-order valence-corrected chi connectivity index (χ0v) is 17.9. The summed E-state index contributed by atoms with van der Waals surface area (Å²) in [6.07, 6.45) is 7.83. The number of fused-ring (bicyclic) bond motifs is 1. The van der Waals surface area contributed by atoms with Crippen LogP contribution in [0, 0.1) is 11.8 Å². The van der Waals surface area contributed by atoms with Crippen molar-refractivity contribution in [2.75, 3.05) is 31.1 Å². The van der Waals surface area contributed by atoms with E-state index in [0.29, 0.717) is 12.8 Å². The van der Waals surface area contributed by atoms with E-state index in [9.17, 15) is 9.59 Å². The molecule has 30 heavy (non-hydrogen) atoms. The van der Waals surface area contributed by atoms with Crippen LogP contribution in [0.15, 0.2) is 18.2 Å². The second-order valence-corrected chi connectivity index (χ2v) is 9.68. The Balaban J connectivity index is 1.17. The molecule has 1 aromatic rings. The SMILES string of the molecule is O=C1CCC(N2Cc3ccc(N4CCC(CC5CCNCC5)CC4)cc3C2)C(=O)N1. The van der Waals surface area contributed by atoms with E-state index in [1.165, 1.54) is 62.0 Å². The first-order valence-electron chi connectivity index (χ1n) is 11.8. The number of hydrogen-bond acceptors (Lipinski definition) is 5. The highest BCUT2D eigenvalue weighted by Gasteiger charge is 2.35. The average Bonchev–Trinajstić information content (AvgIpc) is 3.18. The van der Waals surface area contributed by atoms with Crippen LogP contribution in [0.2, 0.25) is 0 Å². The van der Waals surface area contributed by atoms with E-state index < -0.39 is 0 Å². The highest BCUT2D eigenvalue weighted by Crippen LogP contribution is 2.33. The Kier molecular flexibility index (Phi) is 5.79. The molecule has 0 spiro atoms. The van der Waals surface area contributed by atoms with Gasteiger partial charge in [-0.2, -0.15) is 0 Å². The summed E-state index contributed by atoms with van der Waals surface area (Å²) >= 11 is 0. The molecule has 0 radical (unpaired) electrons. The van der Waals surface area contributed by atoms with E-state index in [1.54, 1.807) is 0 Å². The van der Waals surface area contributed by atoms with E-state index in [4.69, 9.17) is 0 Å². The van der Waals surface area contributed by atoms with E-state index in [2.05, 4.69) is 38.6 Å². The summed E-state index contributed by atoms with van der Waals surface area (Å²) in [6.45, 7) is 6.33. The maximum atomic E-state index is 12.2. The molecule has 4 aliphatic rings. The molecule has 6 nitrogen and oxygen atoms in total. The first-order valence-corrected chi connectivity index (χ1v) is 11.8. The second kappa shape index (κ2) is 8.67. The zero-order valence-electron chi connectivity index (χ0n) is 17.9. The smallest absolute Gasteiger partial charge is 0.243 e. The molecule has 4 aliphatic heterocycles. The Bertz CT molecular complexity index is 796. The van der Waals surface area contributed by atoms with Crippen molar-refractivity contribution in [2.24, 2.45) is 11.8 Å². The summed E-state index contributed by atoms with van der Waals surface area (Å²) in [5.41, 5.74) is 4.00. The molecule has 3 saturated heterocycles. The lowest BCUT2D eigenvalue weighted by atomic mass is 9.83. The third-order valence-electron chi connectivity index (χ3n) is 7.69. The zero-order chi connectivity index (χ0) is 20.5. The van der Waals surface area contributed by atoms with Crippen molar-refractivity contribution in [3.05, 3.63) is 29.3 Å². The molecule has 5 rings (SSSR count). The van der Waals surface area contributed by atoms with Crippen molar-refractivity contribution in [2.45, 2.75) is 64.1 Å². The van der Waals surface area contributed by atoms with Crippen molar-refractivity contribution in [1.29, 1.82) is 0 Å². The van der Waals surface area contributed by atoms with Crippen LogP contribution in [0.25, 0.3) is 0 Å². The number of amides is 2. The summed E-state index contributed by atoms with van der Waals surface area (Å²) in [4.78, 5) is 28.5. The second-order valence-electron chi connectivity index (χ2n) is 9.68. The van der Waals surface area contributed by atoms with Crippen molar-refractivity contribution < 1.29 is 9.59 Å². The fourth-order valence-corrected chi connectivity index (χ4v) is 5.87. The molecule has 2 amide bonds. The lowest BCUT2D eigenvalue weighted by Gasteiger charge is -2.36. The number of anilines is 1. The molecule has 0 bridgehead atoms. The molecule has 6 heteroatoms. The number of benzene rings is 1. The normalized spacial score (nSPS) is 26.7. The van der Waals surface area contributed by atoms with Crippen molar-refractivity contribution in [3.8, 4) is 0 Å². The standard InChI is InChI=1S/C24H34N4O2/c29-23-4-3-22(24(30)26-23)28-15-19-1-2-21(14-20(19)16-28)27-11-7-18(8-12-27)13-17-5-9-25-10-6-17/h1-2,14,17-18,22,25H,3-13,15-16H2,(H,26,29,30). The van der Waals surface area contributed by atoms with Crippen LogP contribution in [0.4, 0.5) is 5.69 Å². The van der Waals surface area contributed by atoms with Crippen LogP contribution in [-0.4, -0.2) is 48.9 Å². The molecule has 0 aliphatic carbocycles. The summed E-state index contributed by atoms with van der Waals surface area (Å²) in [5, 5.41) is 5.98. The van der Waals surface area contributed by atoms with Crippen LogP contribution in [0.5, 0.6) is 0 Å².